The molecule has 5 heteroatoms. The molecule has 4 aliphatic heterocycles. The van der Waals surface area contributed by atoms with Crippen molar-refractivity contribution >= 4 is 5.70 Å². The van der Waals surface area contributed by atoms with Gasteiger partial charge in [0.2, 0.25) is 11.4 Å². The van der Waals surface area contributed by atoms with Gasteiger partial charge in [-0.25, -0.2) is 8.78 Å². The molecule has 3 unspecified atom stereocenters. The van der Waals surface area contributed by atoms with Crippen LogP contribution in [-0.4, -0.2) is 22.4 Å². The minimum atomic E-state index is -0.825. The van der Waals surface area contributed by atoms with Gasteiger partial charge in [-0.3, -0.25) is 0 Å². The molecule has 0 bridgehead atoms. The van der Waals surface area contributed by atoms with Gasteiger partial charge in [-0.15, -0.1) is 0 Å². The molecule has 192 valence electrons. The van der Waals surface area contributed by atoms with E-state index in [0.717, 1.165) is 41.8 Å². The first kappa shape index (κ1) is 22.7. The lowest BCUT2D eigenvalue weighted by Crippen LogP contribution is -2.53. The molecule has 0 amide bonds. The van der Waals surface area contributed by atoms with Crippen LogP contribution >= 0.6 is 0 Å². The maximum absolute atomic E-state index is 15.6. The van der Waals surface area contributed by atoms with Crippen LogP contribution in [0.15, 0.2) is 98.0 Å². The van der Waals surface area contributed by atoms with Gasteiger partial charge in [0.25, 0.3) is 0 Å². The van der Waals surface area contributed by atoms with E-state index in [4.69, 9.17) is 6.58 Å². The second-order valence-corrected chi connectivity index (χ2v) is 11.0. The monoisotopic (exact) mass is 516 g/mol. The number of pyridine rings is 1. The largest absolute Gasteiger partial charge is 0.352 e. The first-order valence-electron chi connectivity index (χ1n) is 13.7. The number of fused-ring (bicyclic) bond motifs is 6. The highest BCUT2D eigenvalue weighted by Gasteiger charge is 2.50. The van der Waals surface area contributed by atoms with Gasteiger partial charge in [-0.05, 0) is 60.2 Å². The smallest absolute Gasteiger partial charge is 0.221 e. The molecule has 4 aromatic rings. The van der Waals surface area contributed by atoms with Gasteiger partial charge in [0.15, 0.2) is 17.8 Å². The zero-order chi connectivity index (χ0) is 26.2. The first-order chi connectivity index (χ1) is 19.1. The second kappa shape index (κ2) is 8.37. The molecular formula is C34H28F2N3+. The second-order valence-electron chi connectivity index (χ2n) is 11.0. The van der Waals surface area contributed by atoms with Crippen LogP contribution in [-0.2, 0) is 12.8 Å². The molecular weight excluding hydrogens is 488 g/mol. The van der Waals surface area contributed by atoms with Crippen molar-refractivity contribution in [1.82, 2.24) is 9.80 Å². The zero-order valence-corrected chi connectivity index (χ0v) is 21.5. The Kier molecular flexibility index (Phi) is 4.88. The molecule has 3 aromatic carbocycles. The third-order valence-electron chi connectivity index (χ3n) is 9.12. The van der Waals surface area contributed by atoms with Gasteiger partial charge >= 0.3 is 0 Å². The van der Waals surface area contributed by atoms with Crippen LogP contribution in [0, 0.1) is 11.6 Å². The Balaban J connectivity index is 1.39. The minimum Gasteiger partial charge on any atom is -0.352 e. The van der Waals surface area contributed by atoms with Crippen molar-refractivity contribution < 1.29 is 13.3 Å². The van der Waals surface area contributed by atoms with E-state index in [0.29, 0.717) is 17.7 Å². The third-order valence-corrected chi connectivity index (χ3v) is 9.12. The zero-order valence-electron chi connectivity index (χ0n) is 21.5. The summed E-state index contributed by atoms with van der Waals surface area (Å²) in [6.45, 7) is 5.68. The van der Waals surface area contributed by atoms with Gasteiger partial charge in [0, 0.05) is 42.1 Å². The summed E-state index contributed by atoms with van der Waals surface area (Å²) in [5.41, 5.74) is 8.93. The molecule has 3 atom stereocenters. The van der Waals surface area contributed by atoms with Crippen molar-refractivity contribution in [3.63, 3.8) is 0 Å². The lowest BCUT2D eigenvalue weighted by molar-refractivity contribution is -0.573. The van der Waals surface area contributed by atoms with Crippen molar-refractivity contribution in [1.29, 1.82) is 0 Å². The summed E-state index contributed by atoms with van der Waals surface area (Å²) in [6.07, 6.45) is 9.11. The van der Waals surface area contributed by atoms with E-state index < -0.39 is 11.6 Å². The fourth-order valence-corrected chi connectivity index (χ4v) is 7.36. The van der Waals surface area contributed by atoms with Gasteiger partial charge in [0.1, 0.15) is 12.2 Å². The summed E-state index contributed by atoms with van der Waals surface area (Å²) >= 11 is 0. The lowest BCUT2D eigenvalue weighted by atomic mass is 9.75. The molecule has 5 heterocycles. The molecule has 0 aliphatic carbocycles. The Morgan fingerprint density at radius 3 is 2.56 bits per heavy atom. The lowest BCUT2D eigenvalue weighted by Gasteiger charge is -2.48. The predicted octanol–water partition coefficient (Wildman–Crippen LogP) is 6.81. The first-order valence-corrected chi connectivity index (χ1v) is 13.7. The Bertz CT molecular complexity index is 1690. The number of hydrogen-bond donors (Lipinski definition) is 0. The highest BCUT2D eigenvalue weighted by atomic mass is 19.2. The number of aryl methyl sites for hydroxylation is 1. The molecule has 0 radical (unpaired) electrons. The van der Waals surface area contributed by atoms with E-state index in [1.54, 1.807) is 6.07 Å². The molecule has 4 aliphatic rings. The van der Waals surface area contributed by atoms with E-state index in [9.17, 15) is 4.39 Å². The summed E-state index contributed by atoms with van der Waals surface area (Å²) in [7, 11) is 0. The normalized spacial score (nSPS) is 22.3. The van der Waals surface area contributed by atoms with Crippen LogP contribution < -0.4 is 4.57 Å². The van der Waals surface area contributed by atoms with Crippen molar-refractivity contribution in [3.8, 4) is 22.4 Å². The fourth-order valence-electron chi connectivity index (χ4n) is 7.36. The van der Waals surface area contributed by atoms with E-state index >= 15 is 4.39 Å². The quantitative estimate of drug-likeness (QED) is 0.257. The van der Waals surface area contributed by atoms with Crippen LogP contribution in [0.1, 0.15) is 40.8 Å². The minimum absolute atomic E-state index is 0.0332. The molecule has 0 saturated heterocycles. The standard InChI is InChI=1S/C34H28F2N3/c1-21-33-27(26-9-5-8-23-16-17-37-18-19-38(33)34(37)30(23)26)13-10-24-11-14-28(35)32(36)31(24)29-15-12-25(20-39(21)29)22-6-3-2-4-7-22/h2-9,11-12,14-15,18-20,27,33-34H,1,10,13,16-17H2/q+1. The Labute approximate surface area is 226 Å². The highest BCUT2D eigenvalue weighted by molar-refractivity contribution is 5.69. The number of benzene rings is 3. The summed E-state index contributed by atoms with van der Waals surface area (Å²) in [6, 6.07) is 23.8. The van der Waals surface area contributed by atoms with Crippen LogP contribution in [0.3, 0.4) is 0 Å². The predicted molar refractivity (Wildman–Crippen MR) is 148 cm³/mol. The summed E-state index contributed by atoms with van der Waals surface area (Å²) in [5.74, 6) is -1.46. The number of nitrogens with zero attached hydrogens (tertiary/aromatic N) is 3. The molecule has 0 fully saturated rings. The van der Waals surface area contributed by atoms with Crippen LogP contribution in [0.5, 0.6) is 0 Å². The molecule has 3 nitrogen and oxygen atoms in total. The summed E-state index contributed by atoms with van der Waals surface area (Å²) in [4.78, 5) is 4.88. The SMILES string of the molecule is C=C1C2C(CCc3ccc(F)c(F)c3-c3ccc(-c4ccccc4)c[n+]31)c1cccc3c1C1N(C=CN21)CC3. The van der Waals surface area contributed by atoms with Crippen LogP contribution in [0.4, 0.5) is 8.78 Å². The third kappa shape index (κ3) is 3.22. The van der Waals surface area contributed by atoms with E-state index in [1.807, 2.05) is 41.1 Å². The number of hydrogen-bond acceptors (Lipinski definition) is 2. The van der Waals surface area contributed by atoms with Gasteiger partial charge < -0.3 is 9.80 Å². The molecule has 0 N–H and O–H groups in total. The Hall–Kier alpha value is -4.25. The Morgan fingerprint density at radius 2 is 1.69 bits per heavy atom. The molecule has 0 saturated carbocycles. The topological polar surface area (TPSA) is 10.4 Å². The van der Waals surface area contributed by atoms with E-state index in [-0.39, 0.29) is 18.1 Å². The van der Waals surface area contributed by atoms with Crippen LogP contribution in [0.2, 0.25) is 0 Å². The molecule has 0 spiro atoms. The average molecular weight is 517 g/mol. The molecule has 8 rings (SSSR count). The van der Waals surface area contributed by atoms with Crippen molar-refractivity contribution in [3.05, 3.63) is 132 Å². The maximum Gasteiger partial charge on any atom is 0.221 e. The van der Waals surface area contributed by atoms with Gasteiger partial charge in [-0.2, -0.15) is 4.57 Å². The van der Waals surface area contributed by atoms with E-state index in [1.165, 1.54) is 22.8 Å². The van der Waals surface area contributed by atoms with Crippen molar-refractivity contribution in [2.75, 3.05) is 6.54 Å². The van der Waals surface area contributed by atoms with Crippen molar-refractivity contribution in [2.45, 2.75) is 37.4 Å². The van der Waals surface area contributed by atoms with Crippen molar-refractivity contribution in [2.24, 2.45) is 0 Å². The van der Waals surface area contributed by atoms with Gasteiger partial charge in [-0.1, -0.05) is 54.6 Å². The number of aromatic nitrogens is 1. The van der Waals surface area contributed by atoms with Crippen LogP contribution in [0.25, 0.3) is 28.1 Å². The molecule has 39 heavy (non-hydrogen) atoms. The average Bonchev–Trinajstić information content (AvgIpc) is 3.42. The maximum atomic E-state index is 15.6. The number of rotatable bonds is 1. The van der Waals surface area contributed by atoms with E-state index in [2.05, 4.69) is 52.5 Å². The van der Waals surface area contributed by atoms with Gasteiger partial charge in [0.05, 0.1) is 5.56 Å². The molecule has 1 aromatic heterocycles. The fraction of sp³-hybridized carbons (Fsp3) is 0.206. The Morgan fingerprint density at radius 1 is 0.821 bits per heavy atom. The number of halogens is 2. The summed E-state index contributed by atoms with van der Waals surface area (Å²) < 4.78 is 32.4. The highest BCUT2D eigenvalue weighted by Crippen LogP contribution is 2.51. The summed E-state index contributed by atoms with van der Waals surface area (Å²) in [5, 5.41) is 0.